The van der Waals surface area contributed by atoms with E-state index in [0.29, 0.717) is 0 Å². The number of hydrogen-bond acceptors (Lipinski definition) is 2. The number of aromatic nitrogens is 2. The molecule has 1 fully saturated rings. The summed E-state index contributed by atoms with van der Waals surface area (Å²) in [6.45, 7) is 1.75. The third-order valence-corrected chi connectivity index (χ3v) is 2.95. The summed E-state index contributed by atoms with van der Waals surface area (Å²) in [6, 6.07) is 0. The van der Waals surface area contributed by atoms with Crippen molar-refractivity contribution in [3.05, 3.63) is 17.5 Å². The highest BCUT2D eigenvalue weighted by molar-refractivity contribution is 5.85. The molecule has 1 N–H and O–H groups in total. The minimum absolute atomic E-state index is 0. The van der Waals surface area contributed by atoms with E-state index in [0.717, 1.165) is 37.0 Å². The van der Waals surface area contributed by atoms with Crippen LogP contribution in [0.2, 0.25) is 0 Å². The van der Waals surface area contributed by atoms with Crippen LogP contribution >= 0.6 is 12.4 Å². The molecule has 92 valence electrons. The van der Waals surface area contributed by atoms with Crippen molar-refractivity contribution < 1.29 is 8.78 Å². The molecule has 1 aromatic rings. The molecule has 2 rings (SSSR count). The Labute approximate surface area is 99.6 Å². The standard InChI is InChI=1S/C10H15F2N3.ClH/c1-15-10(12)8(9(11)14-15)7-3-2-5-13-6-4-7;/h7,13H,2-6H2,1H3;1H. The van der Waals surface area contributed by atoms with E-state index in [1.165, 1.54) is 7.05 Å². The van der Waals surface area contributed by atoms with E-state index in [4.69, 9.17) is 0 Å². The molecule has 0 aliphatic carbocycles. The Morgan fingerprint density at radius 2 is 2.06 bits per heavy atom. The van der Waals surface area contributed by atoms with Gasteiger partial charge in [0.2, 0.25) is 11.9 Å². The maximum Gasteiger partial charge on any atom is 0.239 e. The lowest BCUT2D eigenvalue weighted by atomic mass is 9.94. The van der Waals surface area contributed by atoms with Crippen LogP contribution in [-0.2, 0) is 7.05 Å². The van der Waals surface area contributed by atoms with Crippen LogP contribution in [0.3, 0.4) is 0 Å². The van der Waals surface area contributed by atoms with E-state index in [9.17, 15) is 8.78 Å². The SMILES string of the molecule is Cl.Cn1nc(F)c(C2CCCNCC2)c1F. The van der Waals surface area contributed by atoms with E-state index in [1.807, 2.05) is 0 Å². The maximum atomic E-state index is 13.6. The van der Waals surface area contributed by atoms with Gasteiger partial charge in [-0.3, -0.25) is 0 Å². The normalized spacial score (nSPS) is 21.3. The molecular formula is C10H16ClF2N3. The lowest BCUT2D eigenvalue weighted by Gasteiger charge is -2.11. The molecule has 1 aliphatic rings. The van der Waals surface area contributed by atoms with Crippen LogP contribution in [0, 0.1) is 11.9 Å². The Kier molecular flexibility index (Phi) is 4.68. The summed E-state index contributed by atoms with van der Waals surface area (Å²) in [7, 11) is 1.43. The molecule has 16 heavy (non-hydrogen) atoms. The number of hydrogen-bond donors (Lipinski definition) is 1. The predicted octanol–water partition coefficient (Wildman–Crippen LogP) is 1.98. The third kappa shape index (κ3) is 2.52. The van der Waals surface area contributed by atoms with E-state index >= 15 is 0 Å². The zero-order valence-corrected chi connectivity index (χ0v) is 9.99. The van der Waals surface area contributed by atoms with Gasteiger partial charge in [-0.25, -0.2) is 4.68 Å². The van der Waals surface area contributed by atoms with Crippen LogP contribution in [-0.4, -0.2) is 22.9 Å². The third-order valence-electron chi connectivity index (χ3n) is 2.95. The fourth-order valence-electron chi connectivity index (χ4n) is 2.13. The van der Waals surface area contributed by atoms with Gasteiger partial charge in [-0.15, -0.1) is 17.5 Å². The first kappa shape index (κ1) is 13.4. The lowest BCUT2D eigenvalue weighted by molar-refractivity contribution is 0.476. The first-order chi connectivity index (χ1) is 7.20. The van der Waals surface area contributed by atoms with Crippen molar-refractivity contribution in [1.82, 2.24) is 15.1 Å². The molecule has 6 heteroatoms. The van der Waals surface area contributed by atoms with E-state index < -0.39 is 11.9 Å². The van der Waals surface area contributed by atoms with Crippen LogP contribution in [0.4, 0.5) is 8.78 Å². The van der Waals surface area contributed by atoms with Crippen LogP contribution in [0.15, 0.2) is 0 Å². The van der Waals surface area contributed by atoms with Gasteiger partial charge < -0.3 is 5.32 Å². The molecule has 1 unspecified atom stereocenters. The van der Waals surface area contributed by atoms with Crippen LogP contribution in [0.25, 0.3) is 0 Å². The van der Waals surface area contributed by atoms with Crippen molar-refractivity contribution in [1.29, 1.82) is 0 Å². The van der Waals surface area contributed by atoms with Gasteiger partial charge >= 0.3 is 0 Å². The zero-order chi connectivity index (χ0) is 10.8. The largest absolute Gasteiger partial charge is 0.317 e. The number of rotatable bonds is 1. The summed E-state index contributed by atoms with van der Waals surface area (Å²) in [5.41, 5.74) is 0.168. The first-order valence-electron chi connectivity index (χ1n) is 5.28. The monoisotopic (exact) mass is 251 g/mol. The lowest BCUT2D eigenvalue weighted by Crippen LogP contribution is -2.14. The van der Waals surface area contributed by atoms with Crippen LogP contribution in [0.5, 0.6) is 0 Å². The molecule has 1 atom stereocenters. The topological polar surface area (TPSA) is 29.9 Å². The molecule has 1 saturated heterocycles. The summed E-state index contributed by atoms with van der Waals surface area (Å²) in [5, 5.41) is 6.69. The van der Waals surface area contributed by atoms with Gasteiger partial charge in [0.15, 0.2) is 0 Å². The summed E-state index contributed by atoms with van der Waals surface area (Å²) >= 11 is 0. The van der Waals surface area contributed by atoms with Gasteiger partial charge in [0.1, 0.15) is 0 Å². The van der Waals surface area contributed by atoms with E-state index in [-0.39, 0.29) is 23.9 Å². The Balaban J connectivity index is 0.00000128. The van der Waals surface area contributed by atoms with Crippen molar-refractivity contribution in [2.45, 2.75) is 25.2 Å². The minimum Gasteiger partial charge on any atom is -0.317 e. The quantitative estimate of drug-likeness (QED) is 0.827. The van der Waals surface area contributed by atoms with Crippen molar-refractivity contribution in [3.8, 4) is 0 Å². The molecule has 1 aromatic heterocycles. The van der Waals surface area contributed by atoms with E-state index in [1.54, 1.807) is 0 Å². The van der Waals surface area contributed by atoms with Gasteiger partial charge in [-0.2, -0.15) is 8.78 Å². The van der Waals surface area contributed by atoms with Gasteiger partial charge in [-0.05, 0) is 38.3 Å². The smallest absolute Gasteiger partial charge is 0.239 e. The molecule has 0 bridgehead atoms. The highest BCUT2D eigenvalue weighted by Crippen LogP contribution is 2.29. The Morgan fingerprint density at radius 1 is 1.31 bits per heavy atom. The number of aryl methyl sites for hydroxylation is 1. The first-order valence-corrected chi connectivity index (χ1v) is 5.28. The highest BCUT2D eigenvalue weighted by Gasteiger charge is 2.25. The Hall–Kier alpha value is -0.680. The van der Waals surface area contributed by atoms with Gasteiger partial charge in [0, 0.05) is 7.05 Å². The minimum atomic E-state index is -0.651. The molecule has 2 heterocycles. The number of halogens is 3. The predicted molar refractivity (Wildman–Crippen MR) is 59.8 cm³/mol. The molecule has 0 aromatic carbocycles. The van der Waals surface area contributed by atoms with E-state index in [2.05, 4.69) is 10.4 Å². The molecular weight excluding hydrogens is 236 g/mol. The number of nitrogens with one attached hydrogen (secondary N) is 1. The molecule has 3 nitrogen and oxygen atoms in total. The van der Waals surface area contributed by atoms with Gasteiger partial charge in [0.25, 0.3) is 0 Å². The van der Waals surface area contributed by atoms with Gasteiger partial charge in [0.05, 0.1) is 5.56 Å². The van der Waals surface area contributed by atoms with Crippen LogP contribution < -0.4 is 5.32 Å². The van der Waals surface area contributed by atoms with Crippen LogP contribution in [0.1, 0.15) is 30.7 Å². The fraction of sp³-hybridized carbons (Fsp3) is 0.700. The fourth-order valence-corrected chi connectivity index (χ4v) is 2.13. The molecule has 1 aliphatic heterocycles. The Bertz CT molecular complexity index is 346. The summed E-state index contributed by atoms with van der Waals surface area (Å²) in [4.78, 5) is 0. The Morgan fingerprint density at radius 3 is 2.69 bits per heavy atom. The number of nitrogens with zero attached hydrogens (tertiary/aromatic N) is 2. The molecule has 0 radical (unpaired) electrons. The van der Waals surface area contributed by atoms with Crippen molar-refractivity contribution in [2.24, 2.45) is 7.05 Å². The molecule has 0 saturated carbocycles. The maximum absolute atomic E-state index is 13.6. The summed E-state index contributed by atoms with van der Waals surface area (Å²) in [5.74, 6) is -1.21. The second kappa shape index (κ2) is 5.59. The zero-order valence-electron chi connectivity index (χ0n) is 9.17. The second-order valence-electron chi connectivity index (χ2n) is 4.00. The highest BCUT2D eigenvalue weighted by atomic mass is 35.5. The summed E-state index contributed by atoms with van der Waals surface area (Å²) < 4.78 is 28.0. The molecule has 0 spiro atoms. The second-order valence-corrected chi connectivity index (χ2v) is 4.00. The molecule has 0 amide bonds. The van der Waals surface area contributed by atoms with Crippen molar-refractivity contribution in [3.63, 3.8) is 0 Å². The summed E-state index contributed by atoms with van der Waals surface area (Å²) in [6.07, 6.45) is 2.56. The average Bonchev–Trinajstić information content (AvgIpc) is 2.46. The van der Waals surface area contributed by atoms with Crippen molar-refractivity contribution in [2.75, 3.05) is 13.1 Å². The van der Waals surface area contributed by atoms with Gasteiger partial charge in [-0.1, -0.05) is 0 Å². The average molecular weight is 252 g/mol. The van der Waals surface area contributed by atoms with Crippen molar-refractivity contribution >= 4 is 12.4 Å².